The second kappa shape index (κ2) is 10.3. The van der Waals surface area contributed by atoms with Gasteiger partial charge in [-0.2, -0.15) is 13.2 Å². The smallest absolute Gasteiger partial charge is 0.300 e. The van der Waals surface area contributed by atoms with E-state index in [9.17, 15) is 18.0 Å². The molecule has 0 aliphatic heterocycles. The summed E-state index contributed by atoms with van der Waals surface area (Å²) in [5, 5.41) is 3.56. The van der Waals surface area contributed by atoms with E-state index < -0.39 is 11.9 Å². The number of rotatable bonds is 8. The Kier molecular flexibility index (Phi) is 7.67. The van der Waals surface area contributed by atoms with Gasteiger partial charge in [0.15, 0.2) is 0 Å². The second-order valence-electron chi connectivity index (χ2n) is 8.45. The van der Waals surface area contributed by atoms with E-state index in [1.54, 1.807) is 6.92 Å². The molecule has 3 rings (SSSR count). The Morgan fingerprint density at radius 2 is 1.94 bits per heavy atom. The van der Waals surface area contributed by atoms with Crippen LogP contribution in [-0.2, 0) is 17.4 Å². The molecule has 2 aromatic rings. The maximum absolute atomic E-state index is 12.8. The Balaban J connectivity index is 1.81. The molecule has 3 nitrogen and oxygen atoms in total. The third kappa shape index (κ3) is 6.16. The third-order valence-corrected chi connectivity index (χ3v) is 6.03. The SMILES string of the molecule is CC(=O)[C@H](N[C@@H](CCc1ccc(C(F)(F)F)nc1)c1ccc(C)c(C)c1)C1C=CC=CC1. The molecule has 32 heavy (non-hydrogen) atoms. The molecule has 1 aliphatic rings. The van der Waals surface area contributed by atoms with Gasteiger partial charge in [-0.25, -0.2) is 0 Å². The van der Waals surface area contributed by atoms with E-state index in [1.807, 2.05) is 26.0 Å². The van der Waals surface area contributed by atoms with Crippen LogP contribution in [0.4, 0.5) is 13.2 Å². The minimum Gasteiger partial charge on any atom is -0.300 e. The maximum atomic E-state index is 12.8. The van der Waals surface area contributed by atoms with E-state index in [0.29, 0.717) is 12.8 Å². The van der Waals surface area contributed by atoms with Gasteiger partial charge in [-0.1, -0.05) is 48.6 Å². The number of Topliss-reactive ketones (excluding diaryl/α,β-unsaturated/α-hetero) is 1. The van der Waals surface area contributed by atoms with Gasteiger partial charge >= 0.3 is 6.18 Å². The van der Waals surface area contributed by atoms with Gasteiger partial charge in [-0.3, -0.25) is 9.78 Å². The maximum Gasteiger partial charge on any atom is 0.433 e. The summed E-state index contributed by atoms with van der Waals surface area (Å²) in [5.41, 5.74) is 3.25. The van der Waals surface area contributed by atoms with Gasteiger partial charge in [-0.05, 0) is 68.4 Å². The van der Waals surface area contributed by atoms with Crippen LogP contribution in [0.15, 0.2) is 60.8 Å². The van der Waals surface area contributed by atoms with E-state index in [2.05, 4.69) is 40.7 Å². The summed E-state index contributed by atoms with van der Waals surface area (Å²) in [6.45, 7) is 5.70. The molecule has 1 aromatic heterocycles. The van der Waals surface area contributed by atoms with Crippen molar-refractivity contribution >= 4 is 5.78 Å². The predicted molar refractivity (Wildman–Crippen MR) is 120 cm³/mol. The molecule has 6 heteroatoms. The van der Waals surface area contributed by atoms with Crippen molar-refractivity contribution in [3.8, 4) is 0 Å². The van der Waals surface area contributed by atoms with Crippen LogP contribution < -0.4 is 5.32 Å². The van der Waals surface area contributed by atoms with Crippen LogP contribution in [0.2, 0.25) is 0 Å². The van der Waals surface area contributed by atoms with E-state index in [1.165, 1.54) is 17.8 Å². The van der Waals surface area contributed by atoms with E-state index >= 15 is 0 Å². The van der Waals surface area contributed by atoms with Crippen LogP contribution in [0.25, 0.3) is 0 Å². The van der Waals surface area contributed by atoms with Crippen LogP contribution in [0, 0.1) is 19.8 Å². The Morgan fingerprint density at radius 3 is 2.50 bits per heavy atom. The van der Waals surface area contributed by atoms with Crippen LogP contribution in [-0.4, -0.2) is 16.8 Å². The number of alkyl halides is 3. The van der Waals surface area contributed by atoms with Gasteiger partial charge in [0.25, 0.3) is 0 Å². The molecular formula is C26H29F3N2O. The molecule has 3 atom stereocenters. The first kappa shape index (κ1) is 23.9. The number of nitrogens with one attached hydrogen (secondary N) is 1. The van der Waals surface area contributed by atoms with Crippen LogP contribution >= 0.6 is 0 Å². The van der Waals surface area contributed by atoms with Crippen molar-refractivity contribution in [2.24, 2.45) is 5.92 Å². The molecule has 0 spiro atoms. The van der Waals surface area contributed by atoms with Crippen molar-refractivity contribution in [2.45, 2.75) is 58.3 Å². The molecule has 0 radical (unpaired) electrons. The zero-order chi connectivity index (χ0) is 23.3. The predicted octanol–water partition coefficient (Wildman–Crippen LogP) is 6.07. The molecule has 1 aromatic carbocycles. The van der Waals surface area contributed by atoms with E-state index in [0.717, 1.165) is 29.2 Å². The van der Waals surface area contributed by atoms with Crippen molar-refractivity contribution in [3.63, 3.8) is 0 Å². The van der Waals surface area contributed by atoms with E-state index in [-0.39, 0.29) is 23.8 Å². The normalized spacial score (nSPS) is 17.9. The third-order valence-electron chi connectivity index (χ3n) is 6.03. The molecule has 0 bridgehead atoms. The van der Waals surface area contributed by atoms with Crippen LogP contribution in [0.1, 0.15) is 53.8 Å². The lowest BCUT2D eigenvalue weighted by Gasteiger charge is -2.30. The number of halogens is 3. The Labute approximate surface area is 187 Å². The highest BCUT2D eigenvalue weighted by atomic mass is 19.4. The summed E-state index contributed by atoms with van der Waals surface area (Å²) in [6.07, 6.45) is 6.85. The van der Waals surface area contributed by atoms with Crippen LogP contribution in [0.5, 0.6) is 0 Å². The number of aromatic nitrogens is 1. The first-order valence-corrected chi connectivity index (χ1v) is 10.8. The molecular weight excluding hydrogens is 413 g/mol. The number of carbonyl (C=O) groups is 1. The highest BCUT2D eigenvalue weighted by molar-refractivity contribution is 5.82. The monoisotopic (exact) mass is 442 g/mol. The number of hydrogen-bond acceptors (Lipinski definition) is 3. The minimum atomic E-state index is -4.45. The highest BCUT2D eigenvalue weighted by Gasteiger charge is 2.32. The minimum absolute atomic E-state index is 0.0688. The highest BCUT2D eigenvalue weighted by Crippen LogP contribution is 2.29. The van der Waals surface area contributed by atoms with Gasteiger partial charge in [0, 0.05) is 18.2 Å². The van der Waals surface area contributed by atoms with Crippen molar-refractivity contribution < 1.29 is 18.0 Å². The van der Waals surface area contributed by atoms with Gasteiger partial charge < -0.3 is 5.32 Å². The summed E-state index contributed by atoms with van der Waals surface area (Å²) in [5.74, 6) is 0.138. The molecule has 0 saturated carbocycles. The van der Waals surface area contributed by atoms with Crippen molar-refractivity contribution in [1.29, 1.82) is 0 Å². The number of carbonyl (C=O) groups excluding carboxylic acids is 1. The zero-order valence-corrected chi connectivity index (χ0v) is 18.6. The topological polar surface area (TPSA) is 42.0 Å². The number of allylic oxidation sites excluding steroid dienone is 3. The Morgan fingerprint density at radius 1 is 1.16 bits per heavy atom. The average molecular weight is 443 g/mol. The standard InChI is InChI=1S/C26H29F3N2O/c1-17-9-12-22(15-18(17)2)23(31-25(19(3)32)21-7-5-4-6-8-21)13-10-20-11-14-24(30-16-20)26(27,28)29/h4-7,9,11-12,14-16,21,23,25,31H,8,10,13H2,1-3H3/t21?,23-,25-/m0/s1. The van der Waals surface area contributed by atoms with Gasteiger partial charge in [0.1, 0.15) is 11.5 Å². The number of benzene rings is 1. The Bertz CT molecular complexity index is 993. The lowest BCUT2D eigenvalue weighted by atomic mass is 9.88. The molecule has 1 N–H and O–H groups in total. The summed E-state index contributed by atoms with van der Waals surface area (Å²) in [6, 6.07) is 8.27. The first-order chi connectivity index (χ1) is 15.1. The largest absolute Gasteiger partial charge is 0.433 e. The van der Waals surface area contributed by atoms with Gasteiger partial charge in [0.05, 0.1) is 6.04 Å². The van der Waals surface area contributed by atoms with Gasteiger partial charge in [0.2, 0.25) is 0 Å². The molecule has 1 heterocycles. The second-order valence-corrected chi connectivity index (χ2v) is 8.45. The summed E-state index contributed by atoms with van der Waals surface area (Å²) in [7, 11) is 0. The first-order valence-electron chi connectivity index (χ1n) is 10.8. The molecule has 1 aliphatic carbocycles. The molecule has 0 fully saturated rings. The van der Waals surface area contributed by atoms with Crippen LogP contribution in [0.3, 0.4) is 0 Å². The quantitative estimate of drug-likeness (QED) is 0.539. The molecule has 0 saturated heterocycles. The lowest BCUT2D eigenvalue weighted by molar-refractivity contribution is -0.141. The molecule has 0 amide bonds. The Hall–Kier alpha value is -2.73. The van der Waals surface area contributed by atoms with Gasteiger partial charge in [-0.15, -0.1) is 0 Å². The fraction of sp³-hybridized carbons (Fsp3) is 0.385. The number of aryl methyl sites for hydroxylation is 3. The lowest BCUT2D eigenvalue weighted by Crippen LogP contribution is -2.43. The molecule has 1 unspecified atom stereocenters. The number of nitrogens with zero attached hydrogens (tertiary/aromatic N) is 1. The summed E-state index contributed by atoms with van der Waals surface area (Å²) < 4.78 is 38.4. The fourth-order valence-corrected chi connectivity index (χ4v) is 3.98. The average Bonchev–Trinajstić information content (AvgIpc) is 2.76. The van der Waals surface area contributed by atoms with E-state index in [4.69, 9.17) is 0 Å². The summed E-state index contributed by atoms with van der Waals surface area (Å²) in [4.78, 5) is 16.1. The fourth-order valence-electron chi connectivity index (χ4n) is 3.98. The molecule has 170 valence electrons. The van der Waals surface area contributed by atoms with Crippen molar-refractivity contribution in [1.82, 2.24) is 10.3 Å². The number of pyridine rings is 1. The summed E-state index contributed by atoms with van der Waals surface area (Å²) >= 11 is 0. The number of hydrogen-bond donors (Lipinski definition) is 1. The van der Waals surface area contributed by atoms with Crippen molar-refractivity contribution in [3.05, 3.63) is 88.8 Å². The zero-order valence-electron chi connectivity index (χ0n) is 18.6. The van der Waals surface area contributed by atoms with Crippen molar-refractivity contribution in [2.75, 3.05) is 0 Å². The number of ketones is 1.